The van der Waals surface area contributed by atoms with Crippen molar-refractivity contribution >= 4 is 16.7 Å². The van der Waals surface area contributed by atoms with Crippen molar-refractivity contribution in [2.45, 2.75) is 25.8 Å². The molecule has 1 unspecified atom stereocenters. The summed E-state index contributed by atoms with van der Waals surface area (Å²) in [5.41, 5.74) is 4.97. The lowest BCUT2D eigenvalue weighted by molar-refractivity contribution is 0.620. The van der Waals surface area contributed by atoms with Crippen molar-refractivity contribution in [3.63, 3.8) is 0 Å². The van der Waals surface area contributed by atoms with Crippen molar-refractivity contribution in [2.75, 3.05) is 11.9 Å². The Balaban J connectivity index is 1.91. The SMILES string of the molecule is CCn1c(C2CCNc3ccccc32)nc2ccccc21. The van der Waals surface area contributed by atoms with E-state index in [2.05, 4.69) is 65.3 Å². The molecule has 3 heteroatoms. The Morgan fingerprint density at radius 2 is 1.95 bits per heavy atom. The van der Waals surface area contributed by atoms with E-state index in [4.69, 9.17) is 4.98 Å². The highest BCUT2D eigenvalue weighted by molar-refractivity contribution is 5.76. The second-order valence-electron chi connectivity index (χ2n) is 5.56. The maximum Gasteiger partial charge on any atom is 0.117 e. The highest BCUT2D eigenvalue weighted by atomic mass is 15.1. The van der Waals surface area contributed by atoms with Gasteiger partial charge < -0.3 is 9.88 Å². The molecular formula is C18H19N3. The fourth-order valence-electron chi connectivity index (χ4n) is 3.43. The lowest BCUT2D eigenvalue weighted by Gasteiger charge is -2.26. The Hall–Kier alpha value is -2.29. The van der Waals surface area contributed by atoms with Crippen molar-refractivity contribution in [3.8, 4) is 0 Å². The Bertz CT molecular complexity index is 788. The topological polar surface area (TPSA) is 29.9 Å². The van der Waals surface area contributed by atoms with E-state index in [0.29, 0.717) is 5.92 Å². The molecule has 2 heterocycles. The molecule has 1 aromatic heterocycles. The Kier molecular flexibility index (Phi) is 2.92. The lowest BCUT2D eigenvalue weighted by atomic mass is 9.90. The summed E-state index contributed by atoms with van der Waals surface area (Å²) in [7, 11) is 0. The monoisotopic (exact) mass is 277 g/mol. The summed E-state index contributed by atoms with van der Waals surface area (Å²) in [5.74, 6) is 1.59. The van der Waals surface area contributed by atoms with Crippen LogP contribution in [-0.4, -0.2) is 16.1 Å². The van der Waals surface area contributed by atoms with Gasteiger partial charge in [-0.3, -0.25) is 0 Å². The number of nitrogens with one attached hydrogen (secondary N) is 1. The van der Waals surface area contributed by atoms with Gasteiger partial charge in [-0.05, 0) is 37.1 Å². The van der Waals surface area contributed by atoms with E-state index < -0.39 is 0 Å². The second kappa shape index (κ2) is 4.92. The van der Waals surface area contributed by atoms with E-state index in [-0.39, 0.29) is 0 Å². The molecule has 1 aliphatic heterocycles. The van der Waals surface area contributed by atoms with Gasteiger partial charge in [0.2, 0.25) is 0 Å². The van der Waals surface area contributed by atoms with Crippen LogP contribution in [0.2, 0.25) is 0 Å². The highest BCUT2D eigenvalue weighted by Gasteiger charge is 2.26. The van der Waals surface area contributed by atoms with Gasteiger partial charge in [-0.2, -0.15) is 0 Å². The number of nitrogens with zero attached hydrogens (tertiary/aromatic N) is 2. The number of aryl methyl sites for hydroxylation is 1. The van der Waals surface area contributed by atoms with Crippen molar-refractivity contribution in [1.29, 1.82) is 0 Å². The minimum Gasteiger partial charge on any atom is -0.385 e. The van der Waals surface area contributed by atoms with Crippen LogP contribution < -0.4 is 5.32 Å². The Morgan fingerprint density at radius 1 is 1.14 bits per heavy atom. The molecule has 0 aliphatic carbocycles. The minimum absolute atomic E-state index is 0.384. The number of hydrogen-bond donors (Lipinski definition) is 1. The van der Waals surface area contributed by atoms with Crippen LogP contribution in [0.15, 0.2) is 48.5 Å². The third-order valence-corrected chi connectivity index (χ3v) is 4.40. The molecule has 2 aromatic carbocycles. The molecule has 4 rings (SSSR count). The van der Waals surface area contributed by atoms with Crippen LogP contribution in [0.1, 0.15) is 30.7 Å². The van der Waals surface area contributed by atoms with Crippen LogP contribution in [-0.2, 0) is 6.54 Å². The van der Waals surface area contributed by atoms with Crippen LogP contribution >= 0.6 is 0 Å². The Morgan fingerprint density at radius 3 is 2.86 bits per heavy atom. The standard InChI is InChI=1S/C18H19N3/c1-2-21-17-10-6-5-9-16(17)20-18(21)14-11-12-19-15-8-4-3-7-13(14)15/h3-10,14,19H,2,11-12H2,1H3. The second-order valence-corrected chi connectivity index (χ2v) is 5.56. The van der Waals surface area contributed by atoms with Crippen LogP contribution in [0.25, 0.3) is 11.0 Å². The van der Waals surface area contributed by atoms with Crippen molar-refractivity contribution < 1.29 is 0 Å². The predicted molar refractivity (Wildman–Crippen MR) is 86.8 cm³/mol. The van der Waals surface area contributed by atoms with Gasteiger partial charge in [0.1, 0.15) is 5.82 Å². The first-order chi connectivity index (χ1) is 10.4. The van der Waals surface area contributed by atoms with Crippen molar-refractivity contribution in [3.05, 3.63) is 59.9 Å². The first kappa shape index (κ1) is 12.5. The first-order valence-electron chi connectivity index (χ1n) is 7.66. The highest BCUT2D eigenvalue weighted by Crippen LogP contribution is 2.37. The number of aromatic nitrogens is 2. The maximum atomic E-state index is 4.94. The minimum atomic E-state index is 0.384. The molecule has 1 N–H and O–H groups in total. The van der Waals surface area contributed by atoms with Crippen LogP contribution in [0, 0.1) is 0 Å². The van der Waals surface area contributed by atoms with Gasteiger partial charge >= 0.3 is 0 Å². The van der Waals surface area contributed by atoms with Gasteiger partial charge in [0.15, 0.2) is 0 Å². The van der Waals surface area contributed by atoms with Crippen LogP contribution in [0.4, 0.5) is 5.69 Å². The number of hydrogen-bond acceptors (Lipinski definition) is 2. The molecule has 21 heavy (non-hydrogen) atoms. The molecule has 0 amide bonds. The van der Waals surface area contributed by atoms with E-state index in [9.17, 15) is 0 Å². The number of para-hydroxylation sites is 3. The number of fused-ring (bicyclic) bond motifs is 2. The Labute approximate surface area is 124 Å². The summed E-state index contributed by atoms with van der Waals surface area (Å²) >= 11 is 0. The van der Waals surface area contributed by atoms with E-state index in [0.717, 1.165) is 25.0 Å². The summed E-state index contributed by atoms with van der Waals surface area (Å²) in [5, 5.41) is 3.50. The quantitative estimate of drug-likeness (QED) is 0.767. The molecule has 0 saturated carbocycles. The third kappa shape index (κ3) is 1.92. The number of benzene rings is 2. The van der Waals surface area contributed by atoms with E-state index in [1.165, 1.54) is 22.6 Å². The number of rotatable bonds is 2. The first-order valence-corrected chi connectivity index (χ1v) is 7.66. The van der Waals surface area contributed by atoms with Gasteiger partial charge in [0.05, 0.1) is 11.0 Å². The normalized spacial score (nSPS) is 17.5. The molecule has 0 saturated heterocycles. The van der Waals surface area contributed by atoms with Crippen molar-refractivity contribution in [2.24, 2.45) is 0 Å². The molecule has 106 valence electrons. The average Bonchev–Trinajstić information content (AvgIpc) is 2.92. The fourth-order valence-corrected chi connectivity index (χ4v) is 3.43. The molecule has 0 fully saturated rings. The number of imidazole rings is 1. The van der Waals surface area contributed by atoms with Gasteiger partial charge in [-0.25, -0.2) is 4.98 Å². The smallest absolute Gasteiger partial charge is 0.117 e. The third-order valence-electron chi connectivity index (χ3n) is 4.40. The zero-order valence-electron chi connectivity index (χ0n) is 12.2. The summed E-state index contributed by atoms with van der Waals surface area (Å²) in [4.78, 5) is 4.94. The maximum absolute atomic E-state index is 4.94. The zero-order chi connectivity index (χ0) is 14.2. The molecule has 0 bridgehead atoms. The lowest BCUT2D eigenvalue weighted by Crippen LogP contribution is -2.20. The van der Waals surface area contributed by atoms with E-state index >= 15 is 0 Å². The average molecular weight is 277 g/mol. The predicted octanol–water partition coefficient (Wildman–Crippen LogP) is 4.00. The molecule has 0 radical (unpaired) electrons. The molecule has 1 aliphatic rings. The fraction of sp³-hybridized carbons (Fsp3) is 0.278. The molecular weight excluding hydrogens is 258 g/mol. The van der Waals surface area contributed by atoms with Crippen LogP contribution in [0.3, 0.4) is 0 Å². The molecule has 1 atom stereocenters. The largest absolute Gasteiger partial charge is 0.385 e. The van der Waals surface area contributed by atoms with Crippen molar-refractivity contribution in [1.82, 2.24) is 9.55 Å². The van der Waals surface area contributed by atoms with Gasteiger partial charge in [0.25, 0.3) is 0 Å². The van der Waals surface area contributed by atoms with Gasteiger partial charge in [-0.15, -0.1) is 0 Å². The van der Waals surface area contributed by atoms with Gasteiger partial charge in [-0.1, -0.05) is 30.3 Å². The summed E-state index contributed by atoms with van der Waals surface area (Å²) in [6.45, 7) is 4.17. The zero-order valence-corrected chi connectivity index (χ0v) is 12.2. The summed E-state index contributed by atoms with van der Waals surface area (Å²) in [6.07, 6.45) is 1.10. The molecule has 0 spiro atoms. The van der Waals surface area contributed by atoms with Gasteiger partial charge in [0, 0.05) is 24.7 Å². The molecule has 3 aromatic rings. The summed E-state index contributed by atoms with van der Waals surface area (Å²) < 4.78 is 2.36. The van der Waals surface area contributed by atoms with Crippen LogP contribution in [0.5, 0.6) is 0 Å². The molecule has 3 nitrogen and oxygen atoms in total. The van der Waals surface area contributed by atoms with E-state index in [1.807, 2.05) is 0 Å². The number of anilines is 1. The van der Waals surface area contributed by atoms with E-state index in [1.54, 1.807) is 0 Å². The summed E-state index contributed by atoms with van der Waals surface area (Å²) in [6, 6.07) is 17.0.